The molecule has 2 aliphatic heterocycles. The first kappa shape index (κ1) is 19.1. The Morgan fingerprint density at radius 3 is 2.86 bits per heavy atom. The number of carbonyl (C=O) groups excluding carboxylic acids is 1. The van der Waals surface area contributed by atoms with E-state index in [1.165, 1.54) is 5.56 Å². The van der Waals surface area contributed by atoms with Crippen LogP contribution in [0.5, 0.6) is 0 Å². The molecule has 1 saturated heterocycles. The summed E-state index contributed by atoms with van der Waals surface area (Å²) in [6.07, 6.45) is 5.47. The molecular formula is C21H24ClN5O. The summed E-state index contributed by atoms with van der Waals surface area (Å²) in [5, 5.41) is 12.0. The van der Waals surface area contributed by atoms with Crippen molar-refractivity contribution in [2.24, 2.45) is 16.1 Å². The maximum absolute atomic E-state index is 12.9. The summed E-state index contributed by atoms with van der Waals surface area (Å²) < 4.78 is 0. The first-order valence-corrected chi connectivity index (χ1v) is 9.93. The second-order valence-electron chi connectivity index (χ2n) is 7.51. The summed E-state index contributed by atoms with van der Waals surface area (Å²) >= 11 is 6.31. The molecule has 1 aromatic carbocycles. The van der Waals surface area contributed by atoms with Gasteiger partial charge in [0.25, 0.3) is 5.91 Å². The average Bonchev–Trinajstić information content (AvgIpc) is 3.05. The maximum Gasteiger partial charge on any atom is 0.268 e. The largest absolute Gasteiger partial charge is 0.346 e. The van der Waals surface area contributed by atoms with Gasteiger partial charge < -0.3 is 10.2 Å². The van der Waals surface area contributed by atoms with Crippen LogP contribution in [0.4, 0.5) is 0 Å². The van der Waals surface area contributed by atoms with Crippen LogP contribution >= 0.6 is 11.6 Å². The molecule has 3 aliphatic rings. The number of carbonyl (C=O) groups is 1. The maximum atomic E-state index is 12.9. The van der Waals surface area contributed by atoms with Crippen molar-refractivity contribution in [1.29, 1.82) is 0 Å². The van der Waals surface area contributed by atoms with Crippen molar-refractivity contribution in [2.45, 2.75) is 12.6 Å². The number of fused-ring (bicyclic) bond motifs is 1. The van der Waals surface area contributed by atoms with Crippen LogP contribution in [0.15, 0.2) is 63.8 Å². The molecule has 0 radical (unpaired) electrons. The third kappa shape index (κ3) is 4.24. The zero-order valence-corrected chi connectivity index (χ0v) is 16.6. The fraction of sp³-hybridized carbons (Fsp3) is 0.381. The number of nitrogens with zero attached hydrogens (tertiary/aromatic N) is 4. The van der Waals surface area contributed by atoms with Gasteiger partial charge in [0.1, 0.15) is 5.71 Å². The molecule has 0 spiro atoms. The third-order valence-electron chi connectivity index (χ3n) is 5.27. The van der Waals surface area contributed by atoms with Crippen LogP contribution in [-0.2, 0) is 11.3 Å². The zero-order chi connectivity index (χ0) is 19.5. The Morgan fingerprint density at radius 1 is 1.21 bits per heavy atom. The van der Waals surface area contributed by atoms with E-state index in [1.807, 2.05) is 18.2 Å². The molecule has 6 nitrogen and oxygen atoms in total. The molecule has 1 fully saturated rings. The number of benzene rings is 1. The quantitative estimate of drug-likeness (QED) is 0.845. The van der Waals surface area contributed by atoms with E-state index < -0.39 is 0 Å². The Balaban J connectivity index is 1.42. The van der Waals surface area contributed by atoms with E-state index >= 15 is 0 Å². The number of allylic oxidation sites excluding steroid dienone is 4. The molecule has 0 bridgehead atoms. The minimum atomic E-state index is -0.337. The number of hydrogen-bond acceptors (Lipinski definition) is 5. The predicted molar refractivity (Wildman–Crippen MR) is 113 cm³/mol. The van der Waals surface area contributed by atoms with E-state index in [4.69, 9.17) is 11.6 Å². The van der Waals surface area contributed by atoms with Crippen LogP contribution in [0, 0.1) is 5.92 Å². The number of nitrogens with one attached hydrogen (secondary N) is 1. The molecule has 1 aliphatic carbocycles. The van der Waals surface area contributed by atoms with Gasteiger partial charge in [-0.15, -0.1) is 5.10 Å². The molecule has 2 atom stereocenters. The Hall–Kier alpha value is -2.28. The molecule has 146 valence electrons. The highest BCUT2D eigenvalue weighted by Crippen LogP contribution is 2.27. The van der Waals surface area contributed by atoms with Crippen LogP contribution in [0.2, 0.25) is 0 Å². The van der Waals surface area contributed by atoms with Crippen molar-refractivity contribution in [2.75, 3.05) is 33.2 Å². The lowest BCUT2D eigenvalue weighted by Crippen LogP contribution is -2.49. The summed E-state index contributed by atoms with van der Waals surface area (Å²) in [4.78, 5) is 17.6. The smallest absolute Gasteiger partial charge is 0.268 e. The van der Waals surface area contributed by atoms with Gasteiger partial charge in [-0.05, 0) is 24.8 Å². The van der Waals surface area contributed by atoms with Crippen LogP contribution < -0.4 is 5.32 Å². The van der Waals surface area contributed by atoms with Crippen LogP contribution in [0.1, 0.15) is 5.56 Å². The molecule has 1 aromatic rings. The van der Waals surface area contributed by atoms with E-state index in [0.717, 1.165) is 38.4 Å². The van der Waals surface area contributed by atoms with Gasteiger partial charge in [0, 0.05) is 37.8 Å². The zero-order valence-electron chi connectivity index (χ0n) is 15.9. The van der Waals surface area contributed by atoms with E-state index in [0.29, 0.717) is 10.7 Å². The first-order chi connectivity index (χ1) is 13.6. The van der Waals surface area contributed by atoms with E-state index in [1.54, 1.807) is 6.08 Å². The van der Waals surface area contributed by atoms with Crippen molar-refractivity contribution < 1.29 is 4.79 Å². The van der Waals surface area contributed by atoms with Gasteiger partial charge in [-0.25, -0.2) is 0 Å². The minimum Gasteiger partial charge on any atom is -0.346 e. The van der Waals surface area contributed by atoms with Crippen molar-refractivity contribution in [3.8, 4) is 0 Å². The summed E-state index contributed by atoms with van der Waals surface area (Å²) in [6, 6.07) is 10.4. The first-order valence-electron chi connectivity index (χ1n) is 9.55. The lowest BCUT2D eigenvalue weighted by molar-refractivity contribution is -0.115. The summed E-state index contributed by atoms with van der Waals surface area (Å²) in [5.41, 5.74) is 2.38. The molecule has 2 unspecified atom stereocenters. The second kappa shape index (κ2) is 8.39. The Labute approximate surface area is 170 Å². The highest BCUT2D eigenvalue weighted by Gasteiger charge is 2.35. The van der Waals surface area contributed by atoms with Crippen molar-refractivity contribution in [1.82, 2.24) is 15.1 Å². The minimum absolute atomic E-state index is 0.0114. The van der Waals surface area contributed by atoms with Gasteiger partial charge in [-0.3, -0.25) is 9.69 Å². The highest BCUT2D eigenvalue weighted by atomic mass is 35.5. The van der Waals surface area contributed by atoms with Crippen molar-refractivity contribution in [3.05, 3.63) is 59.2 Å². The molecule has 7 heteroatoms. The number of amides is 1. The lowest BCUT2D eigenvalue weighted by Gasteiger charge is -2.25. The average molecular weight is 398 g/mol. The summed E-state index contributed by atoms with van der Waals surface area (Å²) in [7, 11) is 2.09. The van der Waals surface area contributed by atoms with Gasteiger partial charge in [-0.1, -0.05) is 48.0 Å². The third-order valence-corrected chi connectivity index (χ3v) is 5.61. The van der Waals surface area contributed by atoms with E-state index in [-0.39, 0.29) is 17.9 Å². The monoisotopic (exact) mass is 397 g/mol. The molecule has 4 rings (SSSR count). The van der Waals surface area contributed by atoms with E-state index in [9.17, 15) is 4.79 Å². The second-order valence-corrected chi connectivity index (χ2v) is 7.94. The van der Waals surface area contributed by atoms with Crippen LogP contribution in [0.25, 0.3) is 0 Å². The molecule has 1 N–H and O–H groups in total. The van der Waals surface area contributed by atoms with E-state index in [2.05, 4.69) is 56.6 Å². The van der Waals surface area contributed by atoms with Gasteiger partial charge in [0.2, 0.25) is 0 Å². The van der Waals surface area contributed by atoms with Crippen molar-refractivity contribution in [3.63, 3.8) is 0 Å². The molecular weight excluding hydrogens is 374 g/mol. The van der Waals surface area contributed by atoms with Gasteiger partial charge in [-0.2, -0.15) is 5.10 Å². The molecule has 0 aromatic heterocycles. The van der Waals surface area contributed by atoms with Gasteiger partial charge >= 0.3 is 0 Å². The molecule has 2 heterocycles. The number of rotatable bonds is 4. The Kier molecular flexibility index (Phi) is 5.71. The Morgan fingerprint density at radius 2 is 2.04 bits per heavy atom. The molecule has 0 saturated carbocycles. The molecule has 28 heavy (non-hydrogen) atoms. The fourth-order valence-electron chi connectivity index (χ4n) is 3.86. The lowest BCUT2D eigenvalue weighted by atomic mass is 9.93. The van der Waals surface area contributed by atoms with Crippen LogP contribution in [0.3, 0.4) is 0 Å². The number of likely N-dealkylation sites (N-methyl/N-ethyl adjacent to an activating group) is 1. The van der Waals surface area contributed by atoms with Crippen molar-refractivity contribution >= 4 is 28.9 Å². The normalized spacial score (nSPS) is 25.4. The number of halogens is 1. The fourth-order valence-corrected chi connectivity index (χ4v) is 4.14. The topological polar surface area (TPSA) is 60.3 Å². The summed E-state index contributed by atoms with van der Waals surface area (Å²) in [6.45, 7) is 4.40. The molecule has 1 amide bonds. The standard InChI is InChI=1S/C21H24ClN5O/c1-26-10-11-27(12-15-6-3-2-4-7-15)14-16(13-26)23-21(28)20-19-17(22)8-5-9-18(19)24-25-20/h2-9,16,19H,10-14H2,1H3,(H,23,28). The van der Waals surface area contributed by atoms with Gasteiger partial charge in [0.15, 0.2) is 0 Å². The SMILES string of the molecule is CN1CCN(Cc2ccccc2)CC(NC(=O)C2=NN=C3C=CC=C(Cl)C32)C1. The van der Waals surface area contributed by atoms with Gasteiger partial charge in [0.05, 0.1) is 17.7 Å². The Bertz CT molecular complexity index is 861. The summed E-state index contributed by atoms with van der Waals surface area (Å²) in [5.74, 6) is -0.527. The number of hydrogen-bond donors (Lipinski definition) is 1. The predicted octanol–water partition coefficient (Wildman–Crippen LogP) is 2.04. The highest BCUT2D eigenvalue weighted by molar-refractivity contribution is 6.50. The van der Waals surface area contributed by atoms with Crippen LogP contribution in [-0.4, -0.2) is 66.4 Å².